The molecule has 2 aliphatic rings. The van der Waals surface area contributed by atoms with Crippen LogP contribution in [-0.4, -0.2) is 18.2 Å². The van der Waals surface area contributed by atoms with E-state index in [0.717, 1.165) is 17.5 Å². The first kappa shape index (κ1) is 15.5. The lowest BCUT2D eigenvalue weighted by Gasteiger charge is -2.44. The summed E-state index contributed by atoms with van der Waals surface area (Å²) in [6.07, 6.45) is 8.93. The van der Waals surface area contributed by atoms with Crippen molar-refractivity contribution in [2.75, 3.05) is 6.61 Å². The summed E-state index contributed by atoms with van der Waals surface area (Å²) < 4.78 is 7.34. The fourth-order valence-corrected chi connectivity index (χ4v) is 4.18. The Labute approximate surface area is 136 Å². The molecule has 1 unspecified atom stereocenters. The van der Waals surface area contributed by atoms with Gasteiger partial charge in [-0.3, -0.25) is 0 Å². The Bertz CT molecular complexity index is 447. The molecule has 0 amide bonds. The molecule has 116 valence electrons. The topological polar surface area (TPSA) is 21.3 Å². The molecule has 1 aliphatic carbocycles. The van der Waals surface area contributed by atoms with E-state index in [-0.39, 0.29) is 5.60 Å². The monoisotopic (exact) mass is 351 g/mol. The van der Waals surface area contributed by atoms with Gasteiger partial charge in [0.25, 0.3) is 0 Å². The number of nitrogens with one attached hydrogen (secondary N) is 1. The van der Waals surface area contributed by atoms with Crippen LogP contribution in [0.2, 0.25) is 0 Å². The van der Waals surface area contributed by atoms with Gasteiger partial charge in [0.1, 0.15) is 0 Å². The van der Waals surface area contributed by atoms with Gasteiger partial charge in [-0.25, -0.2) is 0 Å². The first-order valence-corrected chi connectivity index (χ1v) is 9.12. The van der Waals surface area contributed by atoms with Crippen molar-refractivity contribution in [3.05, 3.63) is 34.3 Å². The van der Waals surface area contributed by atoms with Crippen molar-refractivity contribution in [3.8, 4) is 0 Å². The number of rotatable bonds is 3. The molecule has 1 aliphatic heterocycles. The minimum absolute atomic E-state index is 0.188. The van der Waals surface area contributed by atoms with Crippen molar-refractivity contribution in [1.82, 2.24) is 5.32 Å². The van der Waals surface area contributed by atoms with E-state index in [1.807, 2.05) is 0 Å². The van der Waals surface area contributed by atoms with Gasteiger partial charge in [-0.2, -0.15) is 0 Å². The molecule has 1 saturated heterocycles. The van der Waals surface area contributed by atoms with Gasteiger partial charge in [0.05, 0.1) is 5.60 Å². The molecule has 3 rings (SSSR count). The average molecular weight is 352 g/mol. The number of benzene rings is 1. The van der Waals surface area contributed by atoms with Crippen molar-refractivity contribution in [2.24, 2.45) is 0 Å². The van der Waals surface area contributed by atoms with Crippen molar-refractivity contribution < 1.29 is 4.74 Å². The van der Waals surface area contributed by atoms with Crippen LogP contribution in [0.1, 0.15) is 63.5 Å². The largest absolute Gasteiger partial charge is 0.375 e. The Morgan fingerprint density at radius 3 is 2.62 bits per heavy atom. The van der Waals surface area contributed by atoms with E-state index >= 15 is 0 Å². The molecule has 1 aromatic rings. The highest BCUT2D eigenvalue weighted by molar-refractivity contribution is 9.10. The van der Waals surface area contributed by atoms with Crippen molar-refractivity contribution in [1.29, 1.82) is 0 Å². The molecule has 1 N–H and O–H groups in total. The van der Waals surface area contributed by atoms with Crippen LogP contribution >= 0.6 is 15.9 Å². The Balaban J connectivity index is 1.60. The summed E-state index contributed by atoms with van der Waals surface area (Å²) in [5.74, 6) is 0. The third-order valence-corrected chi connectivity index (χ3v) is 5.64. The predicted octanol–water partition coefficient (Wildman–Crippen LogP) is 4.98. The van der Waals surface area contributed by atoms with Gasteiger partial charge in [-0.05, 0) is 50.3 Å². The maximum Gasteiger partial charge on any atom is 0.0697 e. The molecule has 1 aromatic carbocycles. The summed E-state index contributed by atoms with van der Waals surface area (Å²) in [6.45, 7) is 3.19. The van der Waals surface area contributed by atoms with Gasteiger partial charge in [0.15, 0.2) is 0 Å². The van der Waals surface area contributed by atoms with E-state index < -0.39 is 0 Å². The number of hydrogen-bond donors (Lipinski definition) is 1. The molecular weight excluding hydrogens is 326 g/mol. The highest BCUT2D eigenvalue weighted by Crippen LogP contribution is 2.39. The highest BCUT2D eigenvalue weighted by atomic mass is 79.9. The van der Waals surface area contributed by atoms with E-state index in [2.05, 4.69) is 52.4 Å². The summed E-state index contributed by atoms with van der Waals surface area (Å²) in [6, 6.07) is 9.66. The lowest BCUT2D eigenvalue weighted by molar-refractivity contribution is -0.110. The molecule has 3 heteroatoms. The smallest absolute Gasteiger partial charge is 0.0697 e. The summed E-state index contributed by atoms with van der Waals surface area (Å²) in [4.78, 5) is 0. The standard InChI is InChI=1S/C18H26BrNO/c1-14(15-5-7-16(19)8-6-15)20-17-9-12-21-18(13-17)10-3-2-4-11-18/h5-8,14,17,20H,2-4,9-13H2,1H3/t14-,17?/m1/s1. The summed E-state index contributed by atoms with van der Waals surface area (Å²) in [5, 5.41) is 3.83. The van der Waals surface area contributed by atoms with Crippen molar-refractivity contribution in [3.63, 3.8) is 0 Å². The maximum absolute atomic E-state index is 6.19. The van der Waals surface area contributed by atoms with Gasteiger partial charge in [0.2, 0.25) is 0 Å². The fourth-order valence-electron chi connectivity index (χ4n) is 3.92. The molecule has 2 nitrogen and oxygen atoms in total. The van der Waals surface area contributed by atoms with E-state index in [1.54, 1.807) is 0 Å². The van der Waals surface area contributed by atoms with Crippen LogP contribution in [0, 0.1) is 0 Å². The Morgan fingerprint density at radius 1 is 1.19 bits per heavy atom. The molecule has 0 aromatic heterocycles. The summed E-state index contributed by atoms with van der Waals surface area (Å²) in [5.41, 5.74) is 1.55. The van der Waals surface area contributed by atoms with Crippen LogP contribution in [0.4, 0.5) is 0 Å². The molecule has 0 bridgehead atoms. The van der Waals surface area contributed by atoms with Gasteiger partial charge >= 0.3 is 0 Å². The molecule has 2 atom stereocenters. The minimum Gasteiger partial charge on any atom is -0.375 e. The first-order valence-electron chi connectivity index (χ1n) is 8.32. The molecule has 1 heterocycles. The van der Waals surface area contributed by atoms with Crippen LogP contribution in [-0.2, 0) is 4.74 Å². The number of ether oxygens (including phenoxy) is 1. The molecule has 1 saturated carbocycles. The lowest BCUT2D eigenvalue weighted by atomic mass is 9.78. The maximum atomic E-state index is 6.19. The second kappa shape index (κ2) is 6.80. The van der Waals surface area contributed by atoms with E-state index in [0.29, 0.717) is 12.1 Å². The zero-order chi connectivity index (χ0) is 14.7. The zero-order valence-corrected chi connectivity index (χ0v) is 14.5. The quantitative estimate of drug-likeness (QED) is 0.828. The van der Waals surface area contributed by atoms with Gasteiger partial charge < -0.3 is 10.1 Å². The van der Waals surface area contributed by atoms with Crippen LogP contribution < -0.4 is 5.32 Å². The molecule has 0 radical (unpaired) electrons. The summed E-state index contributed by atoms with van der Waals surface area (Å²) in [7, 11) is 0. The van der Waals surface area contributed by atoms with Crippen molar-refractivity contribution >= 4 is 15.9 Å². The lowest BCUT2D eigenvalue weighted by Crippen LogP contribution is -2.48. The second-order valence-electron chi connectivity index (χ2n) is 6.72. The summed E-state index contributed by atoms with van der Waals surface area (Å²) >= 11 is 3.50. The fraction of sp³-hybridized carbons (Fsp3) is 0.667. The van der Waals surface area contributed by atoms with E-state index in [1.165, 1.54) is 44.1 Å². The third kappa shape index (κ3) is 3.88. The Morgan fingerprint density at radius 2 is 1.90 bits per heavy atom. The normalized spacial score (nSPS) is 26.7. The van der Waals surface area contributed by atoms with Crippen LogP contribution in [0.3, 0.4) is 0 Å². The minimum atomic E-state index is 0.188. The third-order valence-electron chi connectivity index (χ3n) is 5.11. The Kier molecular flexibility index (Phi) is 5.03. The highest BCUT2D eigenvalue weighted by Gasteiger charge is 2.38. The van der Waals surface area contributed by atoms with Gasteiger partial charge in [-0.15, -0.1) is 0 Å². The predicted molar refractivity (Wildman–Crippen MR) is 90.5 cm³/mol. The van der Waals surface area contributed by atoms with Gasteiger partial charge in [-0.1, -0.05) is 47.3 Å². The second-order valence-corrected chi connectivity index (χ2v) is 7.64. The van der Waals surface area contributed by atoms with Crippen LogP contribution in [0.15, 0.2) is 28.7 Å². The molecule has 1 spiro atoms. The SMILES string of the molecule is C[C@@H](NC1CCOC2(CCCCC2)C1)c1ccc(Br)cc1. The number of halogens is 1. The van der Waals surface area contributed by atoms with Crippen LogP contribution in [0.25, 0.3) is 0 Å². The first-order chi connectivity index (χ1) is 10.2. The average Bonchev–Trinajstić information content (AvgIpc) is 2.49. The molecule has 21 heavy (non-hydrogen) atoms. The van der Waals surface area contributed by atoms with E-state index in [4.69, 9.17) is 4.74 Å². The van der Waals surface area contributed by atoms with E-state index in [9.17, 15) is 0 Å². The Hall–Kier alpha value is -0.380. The molecular formula is C18H26BrNO. The molecule has 2 fully saturated rings. The van der Waals surface area contributed by atoms with Gasteiger partial charge in [0, 0.05) is 23.2 Å². The van der Waals surface area contributed by atoms with Crippen LogP contribution in [0.5, 0.6) is 0 Å². The number of hydrogen-bond acceptors (Lipinski definition) is 2. The zero-order valence-electron chi connectivity index (χ0n) is 12.9. The van der Waals surface area contributed by atoms with Crippen molar-refractivity contribution in [2.45, 2.75) is 69.6 Å².